The number of hydrogen-bond donors (Lipinski definition) is 5. The molecule has 0 aliphatic heterocycles. The van der Waals surface area contributed by atoms with E-state index in [1.807, 2.05) is 0 Å². The molecule has 0 aromatic carbocycles. The molecule has 0 spiro atoms. The molecule has 0 aromatic heterocycles. The second-order valence-corrected chi connectivity index (χ2v) is 4.19. The molecule has 0 atom stereocenters. The van der Waals surface area contributed by atoms with Crippen molar-refractivity contribution in [3.8, 4) is 0 Å². The molecule has 0 aliphatic rings. The van der Waals surface area contributed by atoms with Crippen molar-refractivity contribution in [3.05, 3.63) is 0 Å². The number of aliphatic hydroxyl groups excluding tert-OH is 1. The number of aliphatic hydroxyl groups is 2. The minimum absolute atomic E-state index is 0.289. The molecule has 16 heavy (non-hydrogen) atoms. The van der Waals surface area contributed by atoms with Crippen molar-refractivity contribution in [2.45, 2.75) is 45.3 Å². The Morgan fingerprint density at radius 1 is 1.12 bits per heavy atom. The summed E-state index contributed by atoms with van der Waals surface area (Å²) in [6, 6.07) is 0. The van der Waals surface area contributed by atoms with Crippen LogP contribution in [-0.2, 0) is 9.36 Å². The van der Waals surface area contributed by atoms with Crippen LogP contribution in [0.3, 0.4) is 0 Å². The number of rotatable bonds is 6. The number of carbonyl (C=O) groups is 1. The Balaban J connectivity index is 0. The van der Waals surface area contributed by atoms with Crippen molar-refractivity contribution in [1.29, 1.82) is 0 Å². The molecule has 0 aliphatic carbocycles. The molecule has 0 bridgehead atoms. The third kappa shape index (κ3) is 23.5. The first-order chi connectivity index (χ1) is 7.18. The summed E-state index contributed by atoms with van der Waals surface area (Å²) in [5.74, 6) is -0.471. The van der Waals surface area contributed by atoms with E-state index in [-0.39, 0.29) is 6.42 Å². The lowest BCUT2D eigenvalue weighted by atomic mass is 10.1. The summed E-state index contributed by atoms with van der Waals surface area (Å²) < 4.78 is 8.88. The van der Waals surface area contributed by atoms with E-state index in [0.717, 1.165) is 25.7 Å². The van der Waals surface area contributed by atoms with Crippen LogP contribution in [0.15, 0.2) is 0 Å². The maximum Gasteiger partial charge on any atom is 0.466 e. The lowest BCUT2D eigenvalue weighted by Crippen LogP contribution is -2.18. The zero-order valence-electron chi connectivity index (χ0n) is 9.11. The van der Waals surface area contributed by atoms with E-state index in [0.29, 0.717) is 0 Å². The Morgan fingerprint density at radius 2 is 1.56 bits per heavy atom. The van der Waals surface area contributed by atoms with Gasteiger partial charge in [-0.2, -0.15) is 0 Å². The van der Waals surface area contributed by atoms with Crippen molar-refractivity contribution < 1.29 is 34.3 Å². The second kappa shape index (κ2) is 9.89. The van der Waals surface area contributed by atoms with Crippen LogP contribution in [-0.4, -0.2) is 37.0 Å². The lowest BCUT2D eigenvalue weighted by Gasteiger charge is -2.01. The molecule has 0 unspecified atom stereocenters. The number of carbonyl (C=O) groups excluding carboxylic acids is 1. The van der Waals surface area contributed by atoms with Crippen molar-refractivity contribution >= 4 is 13.6 Å². The van der Waals surface area contributed by atoms with Crippen LogP contribution >= 0.6 is 7.82 Å². The van der Waals surface area contributed by atoms with E-state index in [9.17, 15) is 4.79 Å². The number of phosphoric acid groups is 1. The van der Waals surface area contributed by atoms with Crippen LogP contribution in [0.25, 0.3) is 0 Å². The number of ketones is 1. The first-order valence-corrected chi connectivity index (χ1v) is 6.42. The summed E-state index contributed by atoms with van der Waals surface area (Å²) in [4.78, 5) is 32.2. The van der Waals surface area contributed by atoms with Crippen LogP contribution in [0.4, 0.5) is 0 Å². The van der Waals surface area contributed by atoms with Crippen LogP contribution in [0, 0.1) is 0 Å². The molecule has 7 nitrogen and oxygen atoms in total. The van der Waals surface area contributed by atoms with E-state index in [2.05, 4.69) is 6.92 Å². The third-order valence-corrected chi connectivity index (χ3v) is 1.56. The van der Waals surface area contributed by atoms with E-state index in [4.69, 9.17) is 29.5 Å². The van der Waals surface area contributed by atoms with Crippen molar-refractivity contribution in [3.63, 3.8) is 0 Å². The van der Waals surface area contributed by atoms with Crippen molar-refractivity contribution in [2.24, 2.45) is 0 Å². The molecular weight excluding hydrogens is 239 g/mol. The summed E-state index contributed by atoms with van der Waals surface area (Å²) in [6.45, 7) is 2.09. The highest BCUT2D eigenvalue weighted by molar-refractivity contribution is 7.45. The molecule has 98 valence electrons. The molecule has 8 heteroatoms. The SMILES string of the molecule is CCCCCCC(=O)C(O)O.O=P(O)(O)O. The minimum Gasteiger partial charge on any atom is -0.362 e. The predicted octanol–water partition coefficient (Wildman–Crippen LogP) is -0.0920. The highest BCUT2D eigenvalue weighted by Gasteiger charge is 2.08. The molecule has 0 amide bonds. The molecular formula is C8H19O7P. The molecule has 0 saturated heterocycles. The van der Waals surface area contributed by atoms with Crippen LogP contribution < -0.4 is 0 Å². The van der Waals surface area contributed by atoms with E-state index in [1.54, 1.807) is 0 Å². The summed E-state index contributed by atoms with van der Waals surface area (Å²) in [6.07, 6.45) is 2.51. The molecule has 0 heterocycles. The quantitative estimate of drug-likeness (QED) is 0.255. The second-order valence-electron chi connectivity index (χ2n) is 3.16. The van der Waals surface area contributed by atoms with Gasteiger partial charge in [0.05, 0.1) is 0 Å². The average molecular weight is 258 g/mol. The maximum absolute atomic E-state index is 10.6. The fourth-order valence-corrected chi connectivity index (χ4v) is 0.855. The summed E-state index contributed by atoms with van der Waals surface area (Å²) >= 11 is 0. The Labute approximate surface area is 94.0 Å². The number of hydrogen-bond acceptors (Lipinski definition) is 4. The first-order valence-electron chi connectivity index (χ1n) is 4.85. The zero-order valence-corrected chi connectivity index (χ0v) is 10.0. The van der Waals surface area contributed by atoms with Gasteiger partial charge in [0, 0.05) is 6.42 Å². The molecule has 0 saturated carbocycles. The highest BCUT2D eigenvalue weighted by atomic mass is 31.2. The van der Waals surface area contributed by atoms with Gasteiger partial charge in [0.25, 0.3) is 0 Å². The Morgan fingerprint density at radius 3 is 1.88 bits per heavy atom. The van der Waals surface area contributed by atoms with Gasteiger partial charge in [-0.1, -0.05) is 26.2 Å². The van der Waals surface area contributed by atoms with Crippen LogP contribution in [0.1, 0.15) is 39.0 Å². The molecule has 0 radical (unpaired) electrons. The summed E-state index contributed by atoms with van der Waals surface area (Å²) in [5, 5.41) is 16.8. The monoisotopic (exact) mass is 258 g/mol. The van der Waals surface area contributed by atoms with Gasteiger partial charge < -0.3 is 24.9 Å². The van der Waals surface area contributed by atoms with Gasteiger partial charge in [-0.3, -0.25) is 4.79 Å². The molecule has 5 N–H and O–H groups in total. The Bertz CT molecular complexity index is 214. The van der Waals surface area contributed by atoms with Gasteiger partial charge in [-0.05, 0) is 6.42 Å². The number of Topliss-reactive ketones (excluding diaryl/α,β-unsaturated/α-hetero) is 1. The maximum atomic E-state index is 10.6. The molecule has 0 fully saturated rings. The van der Waals surface area contributed by atoms with E-state index < -0.39 is 19.9 Å². The first kappa shape index (κ1) is 18.1. The van der Waals surface area contributed by atoms with E-state index in [1.165, 1.54) is 0 Å². The molecule has 0 rings (SSSR count). The van der Waals surface area contributed by atoms with Crippen molar-refractivity contribution in [1.82, 2.24) is 0 Å². The minimum atomic E-state index is -4.64. The van der Waals surface area contributed by atoms with Crippen molar-refractivity contribution in [2.75, 3.05) is 0 Å². The standard InChI is InChI=1S/C8H16O3.H3O4P/c1-2-3-4-5-6-7(9)8(10)11;1-5(2,3)4/h8,10-11H,2-6H2,1H3;(H3,1,2,3,4). The summed E-state index contributed by atoms with van der Waals surface area (Å²) in [5.41, 5.74) is 0. The van der Waals surface area contributed by atoms with Gasteiger partial charge in [0.2, 0.25) is 6.29 Å². The van der Waals surface area contributed by atoms with Gasteiger partial charge in [0.1, 0.15) is 0 Å². The Hall–Kier alpha value is -0.300. The zero-order chi connectivity index (χ0) is 13.2. The molecule has 0 aromatic rings. The predicted molar refractivity (Wildman–Crippen MR) is 56.3 cm³/mol. The fourth-order valence-electron chi connectivity index (χ4n) is 0.855. The van der Waals surface area contributed by atoms with Crippen LogP contribution in [0.5, 0.6) is 0 Å². The highest BCUT2D eigenvalue weighted by Crippen LogP contribution is 2.25. The van der Waals surface area contributed by atoms with Gasteiger partial charge in [-0.15, -0.1) is 0 Å². The number of unbranched alkanes of at least 4 members (excludes halogenated alkanes) is 3. The van der Waals surface area contributed by atoms with Gasteiger partial charge in [-0.25, -0.2) is 4.57 Å². The van der Waals surface area contributed by atoms with Gasteiger partial charge >= 0.3 is 7.82 Å². The Kier molecular flexibility index (Phi) is 11.2. The van der Waals surface area contributed by atoms with E-state index >= 15 is 0 Å². The fraction of sp³-hybridized carbons (Fsp3) is 0.875. The normalized spacial score (nSPS) is 10.9. The van der Waals surface area contributed by atoms with Gasteiger partial charge in [0.15, 0.2) is 5.78 Å². The smallest absolute Gasteiger partial charge is 0.362 e. The topological polar surface area (TPSA) is 135 Å². The largest absolute Gasteiger partial charge is 0.466 e. The summed E-state index contributed by atoms with van der Waals surface area (Å²) in [7, 11) is -4.64. The third-order valence-electron chi connectivity index (χ3n) is 1.56. The lowest BCUT2D eigenvalue weighted by molar-refractivity contribution is -0.145. The van der Waals surface area contributed by atoms with Crippen LogP contribution in [0.2, 0.25) is 0 Å². The average Bonchev–Trinajstić information content (AvgIpc) is 2.09.